The van der Waals surface area contributed by atoms with E-state index in [9.17, 15) is 13.2 Å². The molecule has 4 aromatic rings. The van der Waals surface area contributed by atoms with Gasteiger partial charge < -0.3 is 9.30 Å². The van der Waals surface area contributed by atoms with E-state index in [1.165, 1.54) is 18.2 Å². The zero-order valence-electron chi connectivity index (χ0n) is 21.9. The second-order valence-corrected chi connectivity index (χ2v) is 11.4. The number of sulfonamides is 1. The highest BCUT2D eigenvalue weighted by molar-refractivity contribution is 7.90. The smallest absolute Gasteiger partial charge is 0.283 e. The SMILES string of the molecule is CCCCCOc1ccc(Cn2c(C)nc3c(C)cc(C(=O)NS(=O)(=O)c4ccc(C)cc4)nc32)c(Cl)c1. The number of fused-ring (bicyclic) bond motifs is 1. The Hall–Kier alpha value is -3.43. The molecule has 1 N–H and O–H groups in total. The monoisotopic (exact) mass is 554 g/mol. The van der Waals surface area contributed by atoms with Crippen molar-refractivity contribution in [3.63, 3.8) is 0 Å². The Labute approximate surface area is 228 Å². The lowest BCUT2D eigenvalue weighted by atomic mass is 10.2. The van der Waals surface area contributed by atoms with Gasteiger partial charge in [-0.2, -0.15) is 0 Å². The van der Waals surface area contributed by atoms with Crippen LogP contribution in [-0.2, 0) is 16.6 Å². The molecule has 0 spiro atoms. The molecule has 0 aliphatic rings. The summed E-state index contributed by atoms with van der Waals surface area (Å²) in [6, 6.07) is 13.4. The average molecular weight is 555 g/mol. The van der Waals surface area contributed by atoms with E-state index in [0.717, 1.165) is 30.4 Å². The Morgan fingerprint density at radius 2 is 1.76 bits per heavy atom. The third-order valence-electron chi connectivity index (χ3n) is 6.25. The highest BCUT2D eigenvalue weighted by Crippen LogP contribution is 2.26. The van der Waals surface area contributed by atoms with Crippen molar-refractivity contribution in [2.45, 2.75) is 58.4 Å². The Morgan fingerprint density at radius 3 is 2.45 bits per heavy atom. The van der Waals surface area contributed by atoms with Crippen molar-refractivity contribution < 1.29 is 17.9 Å². The molecule has 2 aromatic carbocycles. The van der Waals surface area contributed by atoms with Crippen LogP contribution in [0.25, 0.3) is 11.2 Å². The van der Waals surface area contributed by atoms with E-state index in [1.807, 2.05) is 37.5 Å². The quantitative estimate of drug-likeness (QED) is 0.250. The molecule has 0 fully saturated rings. The number of nitrogens with one attached hydrogen (secondary N) is 1. The molecule has 2 aromatic heterocycles. The standard InChI is InChI=1S/C28H31ClN4O4S/c1-5-6-7-14-37-22-11-10-21(24(29)16-22)17-33-20(4)30-26-19(3)15-25(31-27(26)33)28(34)32-38(35,36)23-12-8-18(2)9-13-23/h8-13,15-16H,5-7,14,17H2,1-4H3,(H,32,34). The summed E-state index contributed by atoms with van der Waals surface area (Å²) in [6.07, 6.45) is 3.23. The number of pyridine rings is 1. The molecule has 8 nitrogen and oxygen atoms in total. The van der Waals surface area contributed by atoms with E-state index in [-0.39, 0.29) is 10.6 Å². The van der Waals surface area contributed by atoms with Crippen LogP contribution in [0.1, 0.15) is 59.2 Å². The number of unbranched alkanes of at least 4 members (excludes halogenated alkanes) is 2. The molecule has 0 bridgehead atoms. The summed E-state index contributed by atoms with van der Waals surface area (Å²) in [5.41, 5.74) is 3.54. The summed E-state index contributed by atoms with van der Waals surface area (Å²) in [7, 11) is -4.06. The minimum absolute atomic E-state index is 0.00238. The maximum atomic E-state index is 13.0. The molecule has 0 radical (unpaired) electrons. The highest BCUT2D eigenvalue weighted by atomic mass is 35.5. The van der Waals surface area contributed by atoms with Crippen molar-refractivity contribution in [2.75, 3.05) is 6.61 Å². The first-order valence-corrected chi connectivity index (χ1v) is 14.3. The molecule has 0 aliphatic carbocycles. The molecule has 4 rings (SSSR count). The Kier molecular flexibility index (Phi) is 8.38. The molecule has 0 saturated carbocycles. The number of benzene rings is 2. The molecule has 0 unspecified atom stereocenters. The van der Waals surface area contributed by atoms with Crippen LogP contribution in [0.4, 0.5) is 0 Å². The number of hydrogen-bond acceptors (Lipinski definition) is 6. The second-order valence-electron chi connectivity index (χ2n) is 9.30. The highest BCUT2D eigenvalue weighted by Gasteiger charge is 2.22. The summed E-state index contributed by atoms with van der Waals surface area (Å²) in [5, 5.41) is 0.550. The van der Waals surface area contributed by atoms with Crippen LogP contribution in [0.3, 0.4) is 0 Å². The average Bonchev–Trinajstić information content (AvgIpc) is 3.19. The van der Waals surface area contributed by atoms with Gasteiger partial charge in [0, 0.05) is 5.02 Å². The summed E-state index contributed by atoms with van der Waals surface area (Å²) in [5.74, 6) is 0.588. The van der Waals surface area contributed by atoms with Gasteiger partial charge in [-0.1, -0.05) is 55.1 Å². The number of ether oxygens (including phenoxy) is 1. The summed E-state index contributed by atoms with van der Waals surface area (Å²) >= 11 is 6.58. The van der Waals surface area contributed by atoms with Crippen molar-refractivity contribution in [1.29, 1.82) is 0 Å². The Balaban J connectivity index is 1.60. The van der Waals surface area contributed by atoms with Gasteiger partial charge in [-0.25, -0.2) is 23.1 Å². The first-order chi connectivity index (χ1) is 18.1. The third kappa shape index (κ3) is 6.16. The second kappa shape index (κ2) is 11.5. The number of halogens is 1. The van der Waals surface area contributed by atoms with E-state index in [4.69, 9.17) is 16.3 Å². The lowest BCUT2D eigenvalue weighted by molar-refractivity contribution is 0.0976. The largest absolute Gasteiger partial charge is 0.494 e. The Morgan fingerprint density at radius 1 is 1.03 bits per heavy atom. The van der Waals surface area contributed by atoms with Crippen LogP contribution in [-0.4, -0.2) is 35.5 Å². The van der Waals surface area contributed by atoms with Crippen LogP contribution in [0.2, 0.25) is 5.02 Å². The summed E-state index contributed by atoms with van der Waals surface area (Å²) in [6.45, 7) is 8.67. The molecule has 0 atom stereocenters. The predicted molar refractivity (Wildman–Crippen MR) is 148 cm³/mol. The van der Waals surface area contributed by atoms with Gasteiger partial charge in [-0.15, -0.1) is 0 Å². The first-order valence-electron chi connectivity index (χ1n) is 12.5. The van der Waals surface area contributed by atoms with E-state index in [2.05, 4.69) is 21.6 Å². The van der Waals surface area contributed by atoms with E-state index in [1.54, 1.807) is 18.2 Å². The van der Waals surface area contributed by atoms with Gasteiger partial charge in [0.1, 0.15) is 22.8 Å². The van der Waals surface area contributed by atoms with Gasteiger partial charge in [0.05, 0.1) is 18.0 Å². The van der Waals surface area contributed by atoms with Gasteiger partial charge in [0.15, 0.2) is 5.65 Å². The molecular weight excluding hydrogens is 524 g/mol. The van der Waals surface area contributed by atoms with Crippen molar-refractivity contribution in [3.8, 4) is 5.75 Å². The first kappa shape index (κ1) is 27.6. The number of aromatic nitrogens is 3. The minimum Gasteiger partial charge on any atom is -0.494 e. The fourth-order valence-corrected chi connectivity index (χ4v) is 5.26. The van der Waals surface area contributed by atoms with Crippen LogP contribution in [0.5, 0.6) is 5.75 Å². The number of amides is 1. The van der Waals surface area contributed by atoms with E-state index < -0.39 is 15.9 Å². The van der Waals surface area contributed by atoms with Gasteiger partial charge in [-0.3, -0.25) is 4.79 Å². The summed E-state index contributed by atoms with van der Waals surface area (Å²) in [4.78, 5) is 22.1. The molecular formula is C28H31ClN4O4S. The fraction of sp³-hybridized carbons (Fsp3) is 0.321. The zero-order valence-corrected chi connectivity index (χ0v) is 23.5. The molecule has 0 saturated heterocycles. The van der Waals surface area contributed by atoms with Crippen molar-refractivity contribution in [3.05, 3.63) is 81.8 Å². The normalized spacial score (nSPS) is 11.6. The molecule has 1 amide bonds. The van der Waals surface area contributed by atoms with Crippen molar-refractivity contribution in [1.82, 2.24) is 19.3 Å². The zero-order chi connectivity index (χ0) is 27.4. The van der Waals surface area contributed by atoms with Crippen LogP contribution in [0.15, 0.2) is 53.4 Å². The summed E-state index contributed by atoms with van der Waals surface area (Å²) < 4.78 is 35.3. The van der Waals surface area contributed by atoms with Gasteiger partial charge in [0.25, 0.3) is 15.9 Å². The number of hydrogen-bond donors (Lipinski definition) is 1. The van der Waals surface area contributed by atoms with Crippen molar-refractivity contribution in [2.24, 2.45) is 0 Å². The van der Waals surface area contributed by atoms with Gasteiger partial charge >= 0.3 is 0 Å². The Bertz CT molecular complexity index is 1580. The maximum absolute atomic E-state index is 13.0. The minimum atomic E-state index is -4.06. The molecule has 2 heterocycles. The maximum Gasteiger partial charge on any atom is 0.283 e. The lowest BCUT2D eigenvalue weighted by Crippen LogP contribution is -2.31. The van der Waals surface area contributed by atoms with Crippen molar-refractivity contribution >= 4 is 38.7 Å². The topological polar surface area (TPSA) is 103 Å². The number of nitrogens with zero attached hydrogens (tertiary/aromatic N) is 3. The van der Waals surface area contributed by atoms with Gasteiger partial charge in [-0.05, 0) is 68.7 Å². The van der Waals surface area contributed by atoms with E-state index in [0.29, 0.717) is 46.5 Å². The number of carbonyl (C=O) groups is 1. The molecule has 0 aliphatic heterocycles. The number of rotatable bonds is 10. The fourth-order valence-electron chi connectivity index (χ4n) is 4.07. The van der Waals surface area contributed by atoms with E-state index >= 15 is 0 Å². The molecule has 10 heteroatoms. The molecule has 38 heavy (non-hydrogen) atoms. The third-order valence-corrected chi connectivity index (χ3v) is 7.94. The number of carbonyl (C=O) groups excluding carboxylic acids is 1. The van der Waals surface area contributed by atoms with Crippen LogP contribution >= 0.6 is 11.6 Å². The predicted octanol–water partition coefficient (Wildman–Crippen LogP) is 5.75. The number of aryl methyl sites for hydroxylation is 3. The van der Waals surface area contributed by atoms with Crippen LogP contribution < -0.4 is 9.46 Å². The number of imidazole rings is 1. The lowest BCUT2D eigenvalue weighted by Gasteiger charge is -2.12. The van der Waals surface area contributed by atoms with Crippen LogP contribution in [0, 0.1) is 20.8 Å². The molecule has 200 valence electrons. The van der Waals surface area contributed by atoms with Gasteiger partial charge in [0.2, 0.25) is 0 Å².